The minimum absolute atomic E-state index is 0.00341. The minimum Gasteiger partial charge on any atom is -0.458 e. The second kappa shape index (κ2) is 15.3. The molecule has 0 atom stereocenters. The minimum atomic E-state index is -1.16. The molecule has 0 spiro atoms. The number of aliphatic hydroxyl groups is 1. The molecule has 2 N–H and O–H groups in total. The van der Waals surface area contributed by atoms with E-state index in [1.165, 1.54) is 10.9 Å². The molecule has 0 bridgehead atoms. The molecule has 13 heteroatoms. The van der Waals surface area contributed by atoms with Gasteiger partial charge in [-0.25, -0.2) is 24.1 Å². The van der Waals surface area contributed by atoms with Crippen molar-refractivity contribution in [2.45, 2.75) is 65.2 Å². The Morgan fingerprint density at radius 2 is 1.76 bits per heavy atom. The van der Waals surface area contributed by atoms with Crippen molar-refractivity contribution in [3.8, 4) is 5.82 Å². The van der Waals surface area contributed by atoms with Crippen molar-refractivity contribution < 1.29 is 19.4 Å². The van der Waals surface area contributed by atoms with E-state index in [-0.39, 0.29) is 24.7 Å². The van der Waals surface area contributed by atoms with Gasteiger partial charge in [-0.3, -0.25) is 9.69 Å². The van der Waals surface area contributed by atoms with Gasteiger partial charge in [0, 0.05) is 50.4 Å². The molecule has 0 saturated carbocycles. The smallest absolute Gasteiger partial charge is 0.332 e. The van der Waals surface area contributed by atoms with Crippen molar-refractivity contribution >= 4 is 34.3 Å². The summed E-state index contributed by atoms with van der Waals surface area (Å²) >= 11 is 0. The van der Waals surface area contributed by atoms with Crippen LogP contribution in [-0.2, 0) is 26.4 Å². The van der Waals surface area contributed by atoms with Crippen molar-refractivity contribution in [3.63, 3.8) is 0 Å². The average Bonchev–Trinajstić information content (AvgIpc) is 3.32. The number of fused-ring (bicyclic) bond motifs is 1. The van der Waals surface area contributed by atoms with E-state index in [0.717, 1.165) is 56.9 Å². The van der Waals surface area contributed by atoms with Gasteiger partial charge in [0.05, 0.1) is 12.2 Å². The van der Waals surface area contributed by atoms with Gasteiger partial charge in [-0.05, 0) is 90.4 Å². The number of nitrogens with zero attached hydrogens (tertiary/aromatic N) is 7. The van der Waals surface area contributed by atoms with Crippen LogP contribution in [0.5, 0.6) is 0 Å². The second-order valence-corrected chi connectivity index (χ2v) is 13.7. The molecule has 3 aromatic heterocycles. The first-order chi connectivity index (χ1) is 23.3. The van der Waals surface area contributed by atoms with Gasteiger partial charge in [0.25, 0.3) is 5.56 Å². The van der Waals surface area contributed by atoms with Gasteiger partial charge in [0.2, 0.25) is 5.95 Å². The molecule has 1 saturated heterocycles. The number of carbonyl (C=O) groups excluding carboxylic acids is 1. The summed E-state index contributed by atoms with van der Waals surface area (Å²) in [6.07, 6.45) is 5.08. The number of unbranched alkanes of at least 4 members (excludes halogenated alkanes) is 1. The van der Waals surface area contributed by atoms with Gasteiger partial charge in [-0.15, -0.1) is 6.58 Å². The van der Waals surface area contributed by atoms with Crippen LogP contribution in [0.1, 0.15) is 53.2 Å². The molecule has 0 unspecified atom stereocenters. The monoisotopic (exact) mass is 672 g/mol. The van der Waals surface area contributed by atoms with Crippen LogP contribution in [-0.4, -0.2) is 91.8 Å². The van der Waals surface area contributed by atoms with E-state index in [4.69, 9.17) is 14.5 Å². The van der Waals surface area contributed by atoms with Crippen LogP contribution in [0.2, 0.25) is 0 Å². The van der Waals surface area contributed by atoms with E-state index in [0.29, 0.717) is 35.1 Å². The van der Waals surface area contributed by atoms with Gasteiger partial charge in [0.1, 0.15) is 23.2 Å². The molecule has 1 aliphatic rings. The third-order valence-electron chi connectivity index (χ3n) is 8.07. The quantitative estimate of drug-likeness (QED) is 0.112. The first-order valence-electron chi connectivity index (χ1n) is 16.8. The van der Waals surface area contributed by atoms with Crippen LogP contribution in [0.25, 0.3) is 16.9 Å². The number of ether oxygens (including phenoxy) is 2. The predicted molar refractivity (Wildman–Crippen MR) is 191 cm³/mol. The lowest BCUT2D eigenvalue weighted by Gasteiger charge is -2.36. The third kappa shape index (κ3) is 9.31. The number of nitrogens with one attached hydrogen (secondary N) is 1. The van der Waals surface area contributed by atoms with Crippen LogP contribution in [0.3, 0.4) is 0 Å². The van der Waals surface area contributed by atoms with Crippen molar-refractivity contribution in [1.29, 1.82) is 0 Å². The van der Waals surface area contributed by atoms with E-state index in [2.05, 4.69) is 43.8 Å². The zero-order valence-electron chi connectivity index (χ0n) is 29.2. The maximum absolute atomic E-state index is 13.3. The molecule has 5 rings (SSSR count). The van der Waals surface area contributed by atoms with Gasteiger partial charge in [-0.2, -0.15) is 4.98 Å². The van der Waals surface area contributed by atoms with Crippen LogP contribution in [0, 0.1) is 0 Å². The van der Waals surface area contributed by atoms with E-state index in [9.17, 15) is 14.7 Å². The number of rotatable bonds is 14. The number of pyridine rings is 1. The Kier molecular flexibility index (Phi) is 11.2. The molecule has 4 aromatic rings. The van der Waals surface area contributed by atoms with Crippen LogP contribution in [0.15, 0.2) is 66.1 Å². The molecule has 4 heterocycles. The highest BCUT2D eigenvalue weighted by atomic mass is 16.6. The van der Waals surface area contributed by atoms with E-state index < -0.39 is 11.2 Å². The normalized spacial score (nSPS) is 14.3. The highest BCUT2D eigenvalue weighted by Crippen LogP contribution is 2.24. The van der Waals surface area contributed by atoms with Crippen LogP contribution in [0.4, 0.5) is 17.3 Å². The number of benzene rings is 1. The van der Waals surface area contributed by atoms with Crippen LogP contribution < -0.4 is 15.8 Å². The Morgan fingerprint density at radius 3 is 2.43 bits per heavy atom. The van der Waals surface area contributed by atoms with E-state index >= 15 is 0 Å². The summed E-state index contributed by atoms with van der Waals surface area (Å²) in [4.78, 5) is 43.7. The fraction of sp³-hybridized carbons (Fsp3) is 0.472. The molecule has 0 radical (unpaired) electrons. The van der Waals surface area contributed by atoms with Gasteiger partial charge in [-0.1, -0.05) is 12.1 Å². The van der Waals surface area contributed by atoms with Crippen molar-refractivity contribution in [2.24, 2.45) is 0 Å². The Morgan fingerprint density at radius 1 is 1.02 bits per heavy atom. The second-order valence-electron chi connectivity index (χ2n) is 13.7. The topological polar surface area (TPSA) is 140 Å². The summed E-state index contributed by atoms with van der Waals surface area (Å²) in [6, 6.07) is 13.5. The highest BCUT2D eigenvalue weighted by Gasteiger charge is 2.22. The summed E-state index contributed by atoms with van der Waals surface area (Å²) in [5.41, 5.74) is 0.914. The first-order valence-corrected chi connectivity index (χ1v) is 16.8. The molecule has 0 aliphatic carbocycles. The number of hydrogen-bond acceptors (Lipinski definition) is 11. The molecule has 1 aromatic carbocycles. The third-order valence-corrected chi connectivity index (χ3v) is 8.07. The maximum Gasteiger partial charge on any atom is 0.332 e. The summed E-state index contributed by atoms with van der Waals surface area (Å²) < 4.78 is 13.9. The first kappa shape index (κ1) is 35.7. The zero-order valence-corrected chi connectivity index (χ0v) is 29.2. The molecule has 13 nitrogen and oxygen atoms in total. The fourth-order valence-corrected chi connectivity index (χ4v) is 5.67. The highest BCUT2D eigenvalue weighted by molar-refractivity contribution is 5.77. The molecule has 262 valence electrons. The lowest BCUT2D eigenvalue weighted by Crippen LogP contribution is -2.46. The fourth-order valence-electron chi connectivity index (χ4n) is 5.67. The average molecular weight is 673 g/mol. The summed E-state index contributed by atoms with van der Waals surface area (Å²) in [5, 5.41) is 14.2. The standard InChI is InChI=1S/C36H48N8O5/c1-7-17-43-33(46)28-24-37-34(40-32(28)44(43)30-12-10-11-29(39-30)36(5,6)47)38-26-13-15-27(16-14-26)42-21-19-41(20-22-42)18-8-9-23-48-25-31(45)49-35(2,3)4/h7,10-16,24,47H,1,8-9,17-23,25H2,2-6H3,(H,37,38,40). The number of piperazine rings is 1. The summed E-state index contributed by atoms with van der Waals surface area (Å²) in [5.74, 6) is 0.465. The maximum atomic E-state index is 13.3. The molecular weight excluding hydrogens is 624 g/mol. The number of anilines is 3. The predicted octanol–water partition coefficient (Wildman–Crippen LogP) is 4.39. The van der Waals surface area contributed by atoms with E-state index in [1.807, 2.05) is 32.9 Å². The Hall–Kier alpha value is -4.59. The number of aromatic nitrogens is 5. The van der Waals surface area contributed by atoms with E-state index in [1.54, 1.807) is 42.8 Å². The Bertz CT molecular complexity index is 1800. The van der Waals surface area contributed by atoms with Crippen molar-refractivity contribution in [1.82, 2.24) is 29.2 Å². The van der Waals surface area contributed by atoms with Gasteiger partial charge in [0.15, 0.2) is 11.5 Å². The Balaban J connectivity index is 1.17. The molecule has 49 heavy (non-hydrogen) atoms. The number of allylic oxidation sites excluding steroid dienone is 1. The summed E-state index contributed by atoms with van der Waals surface area (Å²) in [7, 11) is 0. The Labute approximate surface area is 287 Å². The molecule has 1 fully saturated rings. The van der Waals surface area contributed by atoms with Crippen molar-refractivity contribution in [2.75, 3.05) is 56.2 Å². The molecular formula is C36H48N8O5. The van der Waals surface area contributed by atoms with Gasteiger partial charge < -0.3 is 24.8 Å². The van der Waals surface area contributed by atoms with Gasteiger partial charge >= 0.3 is 5.97 Å². The van der Waals surface area contributed by atoms with Crippen LogP contribution >= 0.6 is 0 Å². The number of carbonyl (C=O) groups is 1. The molecule has 0 amide bonds. The number of esters is 1. The SMILES string of the molecule is C=CCn1c(=O)c2cnc(Nc3ccc(N4CCN(CCCCOCC(=O)OC(C)(C)C)CC4)cc3)nc2n1-c1cccc(C(C)(C)O)n1. The van der Waals surface area contributed by atoms with Crippen molar-refractivity contribution in [3.05, 3.63) is 77.4 Å². The summed E-state index contributed by atoms with van der Waals surface area (Å²) in [6.45, 7) is 18.3. The molecule has 1 aliphatic heterocycles. The largest absolute Gasteiger partial charge is 0.458 e. The lowest BCUT2D eigenvalue weighted by molar-refractivity contribution is -0.160. The lowest BCUT2D eigenvalue weighted by atomic mass is 10.1. The zero-order chi connectivity index (χ0) is 35.2. The number of hydrogen-bond donors (Lipinski definition) is 2.